The third-order valence-electron chi connectivity index (χ3n) is 2.34. The molecule has 0 aliphatic heterocycles. The van der Waals surface area contributed by atoms with E-state index < -0.39 is 11.8 Å². The van der Waals surface area contributed by atoms with Gasteiger partial charge in [-0.2, -0.15) is 0 Å². The van der Waals surface area contributed by atoms with Crippen LogP contribution in [-0.4, -0.2) is 32.9 Å². The van der Waals surface area contributed by atoms with Crippen LogP contribution in [0.2, 0.25) is 0 Å². The molecular formula is C13H18FNO4. The van der Waals surface area contributed by atoms with Crippen molar-refractivity contribution in [1.82, 2.24) is 0 Å². The summed E-state index contributed by atoms with van der Waals surface area (Å²) in [6, 6.07) is 2.50. The first kappa shape index (κ1) is 15.2. The minimum Gasteiger partial charge on any atom is -0.489 e. The summed E-state index contributed by atoms with van der Waals surface area (Å²) in [5.41, 5.74) is 5.39. The van der Waals surface area contributed by atoms with Crippen LogP contribution in [0.5, 0.6) is 5.75 Å². The average Bonchev–Trinajstić information content (AvgIpc) is 2.39. The Morgan fingerprint density at radius 2 is 2.05 bits per heavy atom. The molecule has 0 bridgehead atoms. The Balaban J connectivity index is 2.90. The van der Waals surface area contributed by atoms with E-state index in [0.29, 0.717) is 13.0 Å². The molecule has 5 nitrogen and oxygen atoms in total. The van der Waals surface area contributed by atoms with Crippen LogP contribution in [0.3, 0.4) is 0 Å². The van der Waals surface area contributed by atoms with Crippen molar-refractivity contribution >= 4 is 11.7 Å². The maximum Gasteiger partial charge on any atom is 0.343 e. The number of carbonyl (C=O) groups excluding carboxylic acids is 1. The number of benzene rings is 1. The topological polar surface area (TPSA) is 70.8 Å². The van der Waals surface area contributed by atoms with E-state index in [1.54, 1.807) is 0 Å². The molecule has 0 aliphatic carbocycles. The normalized spacial score (nSPS) is 10.3. The Labute approximate surface area is 111 Å². The SMILES string of the molecule is CCCOC(=O)c1c(F)ccc(OCCOC)c1N. The van der Waals surface area contributed by atoms with Gasteiger partial charge in [0.15, 0.2) is 0 Å². The molecule has 0 amide bonds. The summed E-state index contributed by atoms with van der Waals surface area (Å²) in [6.07, 6.45) is 0.650. The van der Waals surface area contributed by atoms with E-state index in [4.69, 9.17) is 19.9 Å². The van der Waals surface area contributed by atoms with Crippen molar-refractivity contribution in [3.8, 4) is 5.75 Å². The molecule has 19 heavy (non-hydrogen) atoms. The molecule has 106 valence electrons. The second kappa shape index (κ2) is 7.58. The monoisotopic (exact) mass is 271 g/mol. The summed E-state index contributed by atoms with van der Waals surface area (Å²) < 4.78 is 28.6. The summed E-state index contributed by atoms with van der Waals surface area (Å²) in [7, 11) is 1.53. The van der Waals surface area contributed by atoms with Crippen molar-refractivity contribution < 1.29 is 23.4 Å². The van der Waals surface area contributed by atoms with Gasteiger partial charge < -0.3 is 19.9 Å². The Morgan fingerprint density at radius 3 is 2.68 bits per heavy atom. The molecule has 1 rings (SSSR count). The number of anilines is 1. The molecule has 0 spiro atoms. The van der Waals surface area contributed by atoms with Gasteiger partial charge in [-0.1, -0.05) is 6.92 Å². The van der Waals surface area contributed by atoms with Gasteiger partial charge in [-0.3, -0.25) is 0 Å². The number of nitrogens with two attached hydrogens (primary N) is 1. The summed E-state index contributed by atoms with van der Waals surface area (Å²) in [6.45, 7) is 2.69. The zero-order chi connectivity index (χ0) is 14.3. The molecule has 0 saturated heterocycles. The molecule has 0 saturated carbocycles. The Kier molecular flexibility index (Phi) is 6.08. The smallest absolute Gasteiger partial charge is 0.343 e. The number of nitrogen functional groups attached to an aromatic ring is 1. The lowest BCUT2D eigenvalue weighted by Crippen LogP contribution is -2.13. The van der Waals surface area contributed by atoms with Crippen molar-refractivity contribution in [2.75, 3.05) is 32.7 Å². The molecule has 0 aromatic heterocycles. The Morgan fingerprint density at radius 1 is 1.32 bits per heavy atom. The second-order valence-electron chi connectivity index (χ2n) is 3.81. The largest absolute Gasteiger partial charge is 0.489 e. The summed E-state index contributed by atoms with van der Waals surface area (Å²) in [5.74, 6) is -1.27. The number of esters is 1. The number of ether oxygens (including phenoxy) is 3. The van der Waals surface area contributed by atoms with Gasteiger partial charge in [0.05, 0.1) is 18.9 Å². The highest BCUT2D eigenvalue weighted by Gasteiger charge is 2.20. The molecule has 0 unspecified atom stereocenters. The maximum absolute atomic E-state index is 13.6. The quantitative estimate of drug-likeness (QED) is 0.466. The molecule has 0 fully saturated rings. The maximum atomic E-state index is 13.6. The predicted molar refractivity (Wildman–Crippen MR) is 68.8 cm³/mol. The van der Waals surface area contributed by atoms with E-state index in [2.05, 4.69) is 0 Å². The predicted octanol–water partition coefficient (Wildman–Crippen LogP) is 2.00. The van der Waals surface area contributed by atoms with Crippen LogP contribution in [0.4, 0.5) is 10.1 Å². The van der Waals surface area contributed by atoms with Crippen LogP contribution in [0, 0.1) is 5.82 Å². The minimum absolute atomic E-state index is 0.0581. The lowest BCUT2D eigenvalue weighted by atomic mass is 10.1. The van der Waals surface area contributed by atoms with E-state index in [9.17, 15) is 9.18 Å². The van der Waals surface area contributed by atoms with Crippen molar-refractivity contribution in [3.05, 3.63) is 23.5 Å². The molecular weight excluding hydrogens is 253 g/mol. The fourth-order valence-electron chi connectivity index (χ4n) is 1.41. The Hall–Kier alpha value is -1.82. The van der Waals surface area contributed by atoms with Crippen LogP contribution in [0.25, 0.3) is 0 Å². The molecule has 2 N–H and O–H groups in total. The third-order valence-corrected chi connectivity index (χ3v) is 2.34. The Bertz CT molecular complexity index is 437. The summed E-state index contributed by atoms with van der Waals surface area (Å²) >= 11 is 0. The van der Waals surface area contributed by atoms with Crippen LogP contribution in [0.15, 0.2) is 12.1 Å². The van der Waals surface area contributed by atoms with Gasteiger partial charge in [0.2, 0.25) is 0 Å². The first-order chi connectivity index (χ1) is 9.11. The van der Waals surface area contributed by atoms with Gasteiger partial charge in [0, 0.05) is 7.11 Å². The van der Waals surface area contributed by atoms with Crippen molar-refractivity contribution in [2.45, 2.75) is 13.3 Å². The highest BCUT2D eigenvalue weighted by Crippen LogP contribution is 2.28. The van der Waals surface area contributed by atoms with Gasteiger partial charge >= 0.3 is 5.97 Å². The highest BCUT2D eigenvalue weighted by molar-refractivity contribution is 5.96. The third kappa shape index (κ3) is 4.10. The number of halogens is 1. The van der Waals surface area contributed by atoms with Crippen molar-refractivity contribution in [2.24, 2.45) is 0 Å². The van der Waals surface area contributed by atoms with Crippen molar-refractivity contribution in [1.29, 1.82) is 0 Å². The first-order valence-electron chi connectivity index (χ1n) is 5.98. The lowest BCUT2D eigenvalue weighted by molar-refractivity contribution is 0.0500. The standard InChI is InChI=1S/C13H18FNO4/c1-3-6-19-13(16)11-9(14)4-5-10(12(11)15)18-8-7-17-2/h4-5H,3,6-8,15H2,1-2H3. The van der Waals surface area contributed by atoms with Gasteiger partial charge in [0.25, 0.3) is 0 Å². The van der Waals surface area contributed by atoms with Crippen LogP contribution in [-0.2, 0) is 9.47 Å². The van der Waals surface area contributed by atoms with Gasteiger partial charge in [-0.15, -0.1) is 0 Å². The fraction of sp³-hybridized carbons (Fsp3) is 0.462. The average molecular weight is 271 g/mol. The van der Waals surface area contributed by atoms with Crippen molar-refractivity contribution in [3.63, 3.8) is 0 Å². The molecule has 0 atom stereocenters. The van der Waals surface area contributed by atoms with E-state index in [-0.39, 0.29) is 30.2 Å². The van der Waals surface area contributed by atoms with E-state index >= 15 is 0 Å². The molecule has 0 radical (unpaired) electrons. The minimum atomic E-state index is -0.783. The molecule has 0 aliphatic rings. The van der Waals surface area contributed by atoms with Crippen LogP contribution < -0.4 is 10.5 Å². The van der Waals surface area contributed by atoms with E-state index in [1.165, 1.54) is 13.2 Å². The van der Waals surface area contributed by atoms with Gasteiger partial charge in [0.1, 0.15) is 23.7 Å². The number of carbonyl (C=O) groups is 1. The van der Waals surface area contributed by atoms with E-state index in [0.717, 1.165) is 6.07 Å². The fourth-order valence-corrected chi connectivity index (χ4v) is 1.41. The van der Waals surface area contributed by atoms with Gasteiger partial charge in [-0.25, -0.2) is 9.18 Å². The molecule has 1 aromatic rings. The highest BCUT2D eigenvalue weighted by atomic mass is 19.1. The first-order valence-corrected chi connectivity index (χ1v) is 5.98. The number of hydrogen-bond acceptors (Lipinski definition) is 5. The number of methoxy groups -OCH3 is 1. The van der Waals surface area contributed by atoms with Crippen LogP contribution >= 0.6 is 0 Å². The number of hydrogen-bond donors (Lipinski definition) is 1. The van der Waals surface area contributed by atoms with E-state index in [1.807, 2.05) is 6.92 Å². The van der Waals surface area contributed by atoms with Crippen LogP contribution in [0.1, 0.15) is 23.7 Å². The molecule has 0 heterocycles. The lowest BCUT2D eigenvalue weighted by Gasteiger charge is -2.12. The van der Waals surface area contributed by atoms with Gasteiger partial charge in [-0.05, 0) is 18.6 Å². The molecule has 1 aromatic carbocycles. The zero-order valence-corrected chi connectivity index (χ0v) is 11.1. The molecule has 6 heteroatoms. The second-order valence-corrected chi connectivity index (χ2v) is 3.81. The number of rotatable bonds is 7. The summed E-state index contributed by atoms with van der Waals surface area (Å²) in [5, 5.41) is 0. The zero-order valence-electron chi connectivity index (χ0n) is 11.1. The summed E-state index contributed by atoms with van der Waals surface area (Å²) in [4.78, 5) is 11.7.